The minimum Gasteiger partial charge on any atom is -0.383 e. The summed E-state index contributed by atoms with van der Waals surface area (Å²) in [4.78, 5) is 12.4. The van der Waals surface area contributed by atoms with Gasteiger partial charge < -0.3 is 14.6 Å². The molecule has 2 aromatic rings. The van der Waals surface area contributed by atoms with E-state index in [0.717, 1.165) is 24.2 Å². The van der Waals surface area contributed by atoms with Crippen LogP contribution in [-0.4, -0.2) is 34.4 Å². The van der Waals surface area contributed by atoms with Gasteiger partial charge in [-0.15, -0.1) is 10.2 Å². The number of carbonyl (C=O) groups excluding carboxylic acids is 1. The fraction of sp³-hybridized carbons (Fsp3) is 0.438. The Labute approximate surface area is 129 Å². The average Bonchev–Trinajstić information content (AvgIpc) is 3.17. The zero-order chi connectivity index (χ0) is 15.4. The number of fused-ring (bicyclic) bond motifs is 1. The third-order valence-corrected chi connectivity index (χ3v) is 4.10. The summed E-state index contributed by atoms with van der Waals surface area (Å²) in [5.74, 6) is 0.759. The molecule has 0 aliphatic heterocycles. The van der Waals surface area contributed by atoms with Gasteiger partial charge in [0.2, 0.25) is 5.91 Å². The highest BCUT2D eigenvalue weighted by molar-refractivity contribution is 5.84. The largest absolute Gasteiger partial charge is 0.383 e. The number of amides is 1. The summed E-state index contributed by atoms with van der Waals surface area (Å²) in [5, 5.41) is 10.9. The maximum absolute atomic E-state index is 12.4. The van der Waals surface area contributed by atoms with E-state index < -0.39 is 0 Å². The normalized spacial score (nSPS) is 16.5. The second kappa shape index (κ2) is 6.70. The highest BCUT2D eigenvalue weighted by Crippen LogP contribution is 2.32. The second-order valence-electron chi connectivity index (χ2n) is 5.44. The minimum absolute atomic E-state index is 0.0495. The number of carbonyl (C=O) groups is 1. The van der Waals surface area contributed by atoms with Crippen LogP contribution in [-0.2, 0) is 29.0 Å². The molecule has 0 saturated carbocycles. The SMILES string of the molecule is COCCn1cnnc1CNC(=O)[C@H]1CCc2ccccc21. The van der Waals surface area contributed by atoms with Crippen LogP contribution in [0.4, 0.5) is 0 Å². The highest BCUT2D eigenvalue weighted by atomic mass is 16.5. The third-order valence-electron chi connectivity index (χ3n) is 4.10. The van der Waals surface area contributed by atoms with E-state index in [9.17, 15) is 4.79 Å². The molecule has 6 nitrogen and oxygen atoms in total. The van der Waals surface area contributed by atoms with Gasteiger partial charge in [0.05, 0.1) is 19.1 Å². The molecule has 1 aliphatic carbocycles. The smallest absolute Gasteiger partial charge is 0.227 e. The Balaban J connectivity index is 1.61. The van der Waals surface area contributed by atoms with Crippen LogP contribution in [0.3, 0.4) is 0 Å². The minimum atomic E-state index is -0.0495. The first-order valence-corrected chi connectivity index (χ1v) is 7.50. The van der Waals surface area contributed by atoms with Crippen molar-refractivity contribution in [3.05, 3.63) is 47.5 Å². The first kappa shape index (κ1) is 14.7. The van der Waals surface area contributed by atoms with E-state index in [4.69, 9.17) is 4.74 Å². The number of methoxy groups -OCH3 is 1. The van der Waals surface area contributed by atoms with E-state index >= 15 is 0 Å². The predicted molar refractivity (Wildman–Crippen MR) is 81.2 cm³/mol. The van der Waals surface area contributed by atoms with Gasteiger partial charge in [-0.05, 0) is 24.0 Å². The van der Waals surface area contributed by atoms with Crippen molar-refractivity contribution < 1.29 is 9.53 Å². The van der Waals surface area contributed by atoms with Gasteiger partial charge in [-0.1, -0.05) is 24.3 Å². The van der Waals surface area contributed by atoms with Crippen LogP contribution in [0.5, 0.6) is 0 Å². The van der Waals surface area contributed by atoms with Gasteiger partial charge in [0.25, 0.3) is 0 Å². The summed E-state index contributed by atoms with van der Waals surface area (Å²) < 4.78 is 6.95. The molecule has 0 saturated heterocycles. The number of nitrogens with one attached hydrogen (secondary N) is 1. The van der Waals surface area contributed by atoms with E-state index in [0.29, 0.717) is 19.7 Å². The monoisotopic (exact) mass is 300 g/mol. The Morgan fingerprint density at radius 2 is 2.32 bits per heavy atom. The van der Waals surface area contributed by atoms with Crippen molar-refractivity contribution in [2.24, 2.45) is 0 Å². The standard InChI is InChI=1S/C16H20N4O2/c1-22-9-8-20-11-18-19-15(20)10-17-16(21)14-7-6-12-4-2-3-5-13(12)14/h2-5,11,14H,6-10H2,1H3,(H,17,21)/t14-/m0/s1. The third kappa shape index (κ3) is 3.01. The Bertz CT molecular complexity index is 653. The Morgan fingerprint density at radius 3 is 3.18 bits per heavy atom. The van der Waals surface area contributed by atoms with Crippen molar-refractivity contribution in [1.82, 2.24) is 20.1 Å². The topological polar surface area (TPSA) is 69.0 Å². The van der Waals surface area contributed by atoms with Crippen molar-refractivity contribution in [3.63, 3.8) is 0 Å². The maximum atomic E-state index is 12.4. The second-order valence-corrected chi connectivity index (χ2v) is 5.44. The van der Waals surface area contributed by atoms with Gasteiger partial charge in [-0.25, -0.2) is 0 Å². The van der Waals surface area contributed by atoms with Crippen LogP contribution in [0.1, 0.15) is 29.3 Å². The van der Waals surface area contributed by atoms with Gasteiger partial charge in [0.1, 0.15) is 6.33 Å². The van der Waals surface area contributed by atoms with E-state index in [-0.39, 0.29) is 11.8 Å². The molecule has 1 amide bonds. The number of aromatic nitrogens is 3. The molecule has 1 aliphatic rings. The zero-order valence-electron chi connectivity index (χ0n) is 12.7. The molecule has 1 aromatic heterocycles. The molecule has 1 heterocycles. The van der Waals surface area contributed by atoms with Gasteiger partial charge in [-0.3, -0.25) is 4.79 Å². The van der Waals surface area contributed by atoms with Crippen LogP contribution in [0.2, 0.25) is 0 Å². The molecular formula is C16H20N4O2. The Kier molecular flexibility index (Phi) is 4.48. The molecule has 1 atom stereocenters. The summed E-state index contributed by atoms with van der Waals surface area (Å²) in [6.45, 7) is 1.66. The fourth-order valence-electron chi connectivity index (χ4n) is 2.91. The molecule has 1 N–H and O–H groups in total. The molecule has 116 valence electrons. The first-order valence-electron chi connectivity index (χ1n) is 7.50. The van der Waals surface area contributed by atoms with Crippen molar-refractivity contribution >= 4 is 5.91 Å². The van der Waals surface area contributed by atoms with E-state index in [1.807, 2.05) is 22.8 Å². The lowest BCUT2D eigenvalue weighted by atomic mass is 10.0. The number of hydrogen-bond acceptors (Lipinski definition) is 4. The fourth-order valence-corrected chi connectivity index (χ4v) is 2.91. The Morgan fingerprint density at radius 1 is 1.45 bits per heavy atom. The van der Waals surface area contributed by atoms with Gasteiger partial charge >= 0.3 is 0 Å². The van der Waals surface area contributed by atoms with E-state index in [1.54, 1.807) is 13.4 Å². The van der Waals surface area contributed by atoms with E-state index in [1.165, 1.54) is 5.56 Å². The number of hydrogen-bond donors (Lipinski definition) is 1. The number of benzene rings is 1. The van der Waals surface area contributed by atoms with Crippen molar-refractivity contribution in [3.8, 4) is 0 Å². The highest BCUT2D eigenvalue weighted by Gasteiger charge is 2.28. The predicted octanol–water partition coefficient (Wildman–Crippen LogP) is 1.27. The molecular weight excluding hydrogens is 280 g/mol. The molecule has 0 spiro atoms. The van der Waals surface area contributed by atoms with Crippen molar-refractivity contribution in [2.45, 2.75) is 31.8 Å². The Hall–Kier alpha value is -2.21. The van der Waals surface area contributed by atoms with Crippen LogP contribution in [0.15, 0.2) is 30.6 Å². The number of ether oxygens (including phenoxy) is 1. The van der Waals surface area contributed by atoms with Crippen LogP contribution in [0.25, 0.3) is 0 Å². The lowest BCUT2D eigenvalue weighted by Gasteiger charge is -2.12. The summed E-state index contributed by atoms with van der Waals surface area (Å²) in [7, 11) is 1.66. The summed E-state index contributed by atoms with van der Waals surface area (Å²) in [6.07, 6.45) is 3.51. The number of aryl methyl sites for hydroxylation is 1. The molecule has 0 fully saturated rings. The molecule has 6 heteroatoms. The molecule has 0 radical (unpaired) electrons. The lowest BCUT2D eigenvalue weighted by molar-refractivity contribution is -0.122. The van der Waals surface area contributed by atoms with Gasteiger partial charge in [-0.2, -0.15) is 0 Å². The molecule has 0 unspecified atom stereocenters. The van der Waals surface area contributed by atoms with Crippen molar-refractivity contribution in [2.75, 3.05) is 13.7 Å². The molecule has 0 bridgehead atoms. The van der Waals surface area contributed by atoms with Crippen molar-refractivity contribution in [1.29, 1.82) is 0 Å². The van der Waals surface area contributed by atoms with Crippen LogP contribution >= 0.6 is 0 Å². The number of nitrogens with zero attached hydrogens (tertiary/aromatic N) is 3. The van der Waals surface area contributed by atoms with E-state index in [2.05, 4.69) is 21.6 Å². The number of rotatable bonds is 6. The summed E-state index contributed by atoms with van der Waals surface area (Å²) in [5.41, 5.74) is 2.44. The summed E-state index contributed by atoms with van der Waals surface area (Å²) >= 11 is 0. The van der Waals surface area contributed by atoms with Gasteiger partial charge in [0, 0.05) is 13.7 Å². The summed E-state index contributed by atoms with van der Waals surface area (Å²) in [6, 6.07) is 8.17. The molecule has 3 rings (SSSR count). The first-order chi connectivity index (χ1) is 10.8. The van der Waals surface area contributed by atoms with Crippen LogP contribution < -0.4 is 5.32 Å². The lowest BCUT2D eigenvalue weighted by Crippen LogP contribution is -2.29. The maximum Gasteiger partial charge on any atom is 0.227 e. The quantitative estimate of drug-likeness (QED) is 0.872. The van der Waals surface area contributed by atoms with Gasteiger partial charge in [0.15, 0.2) is 5.82 Å². The zero-order valence-corrected chi connectivity index (χ0v) is 12.7. The molecule has 22 heavy (non-hydrogen) atoms. The average molecular weight is 300 g/mol. The molecule has 1 aromatic carbocycles. The van der Waals surface area contributed by atoms with Crippen LogP contribution in [0, 0.1) is 0 Å².